The Morgan fingerprint density at radius 1 is 1.03 bits per heavy atom. The molecule has 6 nitrogen and oxygen atoms in total. The van der Waals surface area contributed by atoms with Gasteiger partial charge in [0.05, 0.1) is 6.10 Å². The van der Waals surface area contributed by atoms with E-state index in [0.717, 1.165) is 22.3 Å². The third-order valence-corrected chi connectivity index (χ3v) is 6.02. The molecule has 1 aliphatic carbocycles. The Balaban J connectivity index is 1.29. The molecule has 5 N–H and O–H groups in total. The number of aliphatic hydroxyl groups is 2. The first-order valence-corrected chi connectivity index (χ1v) is 10.8. The summed E-state index contributed by atoms with van der Waals surface area (Å²) in [6, 6.07) is 20.9. The summed E-state index contributed by atoms with van der Waals surface area (Å²) >= 11 is 5.87. The molecule has 7 heteroatoms. The first-order valence-electron chi connectivity index (χ1n) is 10.5. The molecular weight excluding hydrogens is 428 g/mol. The van der Waals surface area contributed by atoms with Gasteiger partial charge in [-0.15, -0.1) is 0 Å². The molecule has 0 saturated heterocycles. The lowest BCUT2D eigenvalue weighted by atomic mass is 9.98. The molecule has 0 aliphatic heterocycles. The van der Waals surface area contributed by atoms with Crippen molar-refractivity contribution >= 4 is 23.4 Å². The maximum Gasteiger partial charge on any atom is 0.407 e. The Morgan fingerprint density at radius 3 is 2.28 bits per heavy atom. The summed E-state index contributed by atoms with van der Waals surface area (Å²) in [5.41, 5.74) is 11.2. The third-order valence-electron chi connectivity index (χ3n) is 5.79. The van der Waals surface area contributed by atoms with Gasteiger partial charge in [0.15, 0.2) is 0 Å². The van der Waals surface area contributed by atoms with Crippen LogP contribution in [-0.2, 0) is 4.74 Å². The lowest BCUT2D eigenvalue weighted by Crippen LogP contribution is -2.30. The van der Waals surface area contributed by atoms with E-state index in [0.29, 0.717) is 16.3 Å². The van der Waals surface area contributed by atoms with Crippen molar-refractivity contribution in [2.75, 3.05) is 18.9 Å². The monoisotopic (exact) mass is 452 g/mol. The zero-order valence-electron chi connectivity index (χ0n) is 17.4. The van der Waals surface area contributed by atoms with E-state index in [-0.39, 0.29) is 25.5 Å². The van der Waals surface area contributed by atoms with Crippen molar-refractivity contribution in [1.29, 1.82) is 0 Å². The minimum absolute atomic E-state index is 0.0200. The van der Waals surface area contributed by atoms with Gasteiger partial charge in [-0.3, -0.25) is 0 Å². The Morgan fingerprint density at radius 2 is 1.66 bits per heavy atom. The SMILES string of the molecule is Nc1cc(Cl)ccc1C(O)C(O)CCNC(=O)OCC1c2ccccc2-c2ccccc21. The number of nitrogens with two attached hydrogens (primary N) is 1. The van der Waals surface area contributed by atoms with Crippen LogP contribution in [0.25, 0.3) is 11.1 Å². The van der Waals surface area contributed by atoms with Crippen LogP contribution < -0.4 is 11.1 Å². The van der Waals surface area contributed by atoms with E-state index >= 15 is 0 Å². The summed E-state index contributed by atoms with van der Waals surface area (Å²) in [7, 11) is 0. The molecule has 4 rings (SSSR count). The number of amides is 1. The van der Waals surface area contributed by atoms with Crippen molar-refractivity contribution in [3.05, 3.63) is 88.4 Å². The molecule has 2 unspecified atom stereocenters. The summed E-state index contributed by atoms with van der Waals surface area (Å²) in [5.74, 6) is -0.0200. The summed E-state index contributed by atoms with van der Waals surface area (Å²) in [4.78, 5) is 12.2. The van der Waals surface area contributed by atoms with Crippen LogP contribution in [0.1, 0.15) is 35.1 Å². The van der Waals surface area contributed by atoms with Gasteiger partial charge in [0.2, 0.25) is 0 Å². The number of nitrogen functional groups attached to an aromatic ring is 1. The Labute approximate surface area is 191 Å². The number of ether oxygens (including phenoxy) is 1. The second-order valence-electron chi connectivity index (χ2n) is 7.83. The van der Waals surface area contributed by atoms with Crippen LogP contribution in [0.3, 0.4) is 0 Å². The third kappa shape index (κ3) is 4.58. The van der Waals surface area contributed by atoms with Crippen LogP contribution in [0.4, 0.5) is 10.5 Å². The molecule has 1 aliphatic rings. The lowest BCUT2D eigenvalue weighted by Gasteiger charge is -2.20. The standard InChI is InChI=1S/C25H25ClN2O4/c26-15-9-10-20(22(27)13-15)24(30)23(29)11-12-28-25(31)32-14-21-18-7-3-1-5-16(18)17-6-2-4-8-19(17)21/h1-10,13,21,23-24,29-30H,11-12,14,27H2,(H,28,31). The average molecular weight is 453 g/mol. The Bertz CT molecular complexity index is 1080. The van der Waals surface area contributed by atoms with E-state index in [9.17, 15) is 15.0 Å². The number of nitrogens with one attached hydrogen (secondary N) is 1. The summed E-state index contributed by atoms with van der Waals surface area (Å²) in [6.45, 7) is 0.356. The van der Waals surface area contributed by atoms with Crippen LogP contribution in [0.5, 0.6) is 0 Å². The topological polar surface area (TPSA) is 105 Å². The normalized spacial score (nSPS) is 14.3. The molecule has 0 spiro atoms. The van der Waals surface area contributed by atoms with Crippen molar-refractivity contribution < 1.29 is 19.7 Å². The van der Waals surface area contributed by atoms with Crippen molar-refractivity contribution in [1.82, 2.24) is 5.32 Å². The smallest absolute Gasteiger partial charge is 0.407 e. The van der Waals surface area contributed by atoms with E-state index in [4.69, 9.17) is 22.1 Å². The highest BCUT2D eigenvalue weighted by atomic mass is 35.5. The molecule has 1 amide bonds. The maximum atomic E-state index is 12.2. The fraction of sp³-hybridized carbons (Fsp3) is 0.240. The molecule has 32 heavy (non-hydrogen) atoms. The largest absolute Gasteiger partial charge is 0.449 e. The first kappa shape index (κ1) is 22.1. The van der Waals surface area contributed by atoms with Gasteiger partial charge >= 0.3 is 6.09 Å². The van der Waals surface area contributed by atoms with E-state index in [2.05, 4.69) is 29.6 Å². The van der Waals surface area contributed by atoms with Gasteiger partial charge in [-0.2, -0.15) is 0 Å². The van der Waals surface area contributed by atoms with Gasteiger partial charge in [-0.1, -0.05) is 66.2 Å². The zero-order chi connectivity index (χ0) is 22.7. The molecule has 0 fully saturated rings. The van der Waals surface area contributed by atoms with Gasteiger partial charge in [0, 0.05) is 28.7 Å². The number of anilines is 1. The number of halogens is 1. The fourth-order valence-corrected chi connectivity index (χ4v) is 4.33. The predicted molar refractivity (Wildman–Crippen MR) is 125 cm³/mol. The minimum atomic E-state index is -1.18. The molecule has 166 valence electrons. The predicted octanol–water partition coefficient (Wildman–Crippen LogP) is 4.25. The van der Waals surface area contributed by atoms with Crippen molar-refractivity contribution in [3.63, 3.8) is 0 Å². The number of hydrogen-bond acceptors (Lipinski definition) is 5. The molecule has 3 aromatic rings. The molecule has 0 heterocycles. The van der Waals surface area contributed by atoms with Gasteiger partial charge in [-0.25, -0.2) is 4.79 Å². The summed E-state index contributed by atoms with van der Waals surface area (Å²) in [5, 5.41) is 23.7. The first-order chi connectivity index (χ1) is 15.5. The number of hydrogen-bond donors (Lipinski definition) is 4. The molecule has 0 radical (unpaired) electrons. The van der Waals surface area contributed by atoms with E-state index < -0.39 is 18.3 Å². The highest BCUT2D eigenvalue weighted by Gasteiger charge is 2.29. The summed E-state index contributed by atoms with van der Waals surface area (Å²) < 4.78 is 5.47. The molecule has 2 atom stereocenters. The Kier molecular flexibility index (Phi) is 6.65. The molecule has 3 aromatic carbocycles. The Hall–Kier alpha value is -3.06. The second-order valence-corrected chi connectivity index (χ2v) is 8.26. The van der Waals surface area contributed by atoms with Crippen LogP contribution in [0, 0.1) is 0 Å². The van der Waals surface area contributed by atoms with Crippen molar-refractivity contribution in [3.8, 4) is 11.1 Å². The van der Waals surface area contributed by atoms with Crippen LogP contribution in [0.2, 0.25) is 5.02 Å². The highest BCUT2D eigenvalue weighted by molar-refractivity contribution is 6.30. The number of carbonyl (C=O) groups is 1. The molecule has 0 aromatic heterocycles. The number of benzene rings is 3. The average Bonchev–Trinajstić information content (AvgIpc) is 3.11. The molecule has 0 saturated carbocycles. The second kappa shape index (κ2) is 9.61. The van der Waals surface area contributed by atoms with Crippen molar-refractivity contribution in [2.24, 2.45) is 0 Å². The van der Waals surface area contributed by atoms with Gasteiger partial charge in [-0.05, 0) is 40.8 Å². The molecular formula is C25H25ClN2O4. The van der Waals surface area contributed by atoms with Gasteiger partial charge < -0.3 is 26.0 Å². The number of rotatable bonds is 7. The highest BCUT2D eigenvalue weighted by Crippen LogP contribution is 2.44. The molecule has 0 bridgehead atoms. The number of aliphatic hydroxyl groups excluding tert-OH is 2. The van der Waals surface area contributed by atoms with Crippen LogP contribution >= 0.6 is 11.6 Å². The van der Waals surface area contributed by atoms with Crippen LogP contribution in [-0.4, -0.2) is 35.6 Å². The maximum absolute atomic E-state index is 12.2. The minimum Gasteiger partial charge on any atom is -0.449 e. The van der Waals surface area contributed by atoms with Crippen molar-refractivity contribution in [2.45, 2.75) is 24.5 Å². The van der Waals surface area contributed by atoms with Gasteiger partial charge in [0.25, 0.3) is 0 Å². The fourth-order valence-electron chi connectivity index (χ4n) is 4.15. The zero-order valence-corrected chi connectivity index (χ0v) is 18.1. The van der Waals surface area contributed by atoms with Crippen LogP contribution in [0.15, 0.2) is 66.7 Å². The quantitative estimate of drug-likeness (QED) is 0.401. The van der Waals surface area contributed by atoms with E-state index in [1.165, 1.54) is 6.07 Å². The van der Waals surface area contributed by atoms with Gasteiger partial charge in [0.1, 0.15) is 12.7 Å². The number of alkyl carbamates (subject to hydrolysis) is 1. The number of fused-ring (bicyclic) bond motifs is 3. The lowest BCUT2D eigenvalue weighted by molar-refractivity contribution is 0.0141. The van der Waals surface area contributed by atoms with E-state index in [1.54, 1.807) is 12.1 Å². The van der Waals surface area contributed by atoms with E-state index in [1.807, 2.05) is 24.3 Å². The summed E-state index contributed by atoms with van der Waals surface area (Å²) in [6.07, 6.45) is -2.73. The number of carbonyl (C=O) groups excluding carboxylic acids is 1.